The van der Waals surface area contributed by atoms with Crippen molar-refractivity contribution in [2.24, 2.45) is 5.41 Å². The lowest BCUT2D eigenvalue weighted by Crippen LogP contribution is -2.47. The van der Waals surface area contributed by atoms with Gasteiger partial charge in [-0.25, -0.2) is 0 Å². The molecule has 2 aliphatic rings. The van der Waals surface area contributed by atoms with Crippen LogP contribution in [0, 0.1) is 5.41 Å². The number of fused-ring (bicyclic) bond motifs is 1. The maximum absolute atomic E-state index is 11.7. The lowest BCUT2D eigenvalue weighted by molar-refractivity contribution is -0.117. The summed E-state index contributed by atoms with van der Waals surface area (Å²) in [6, 6.07) is 0.707. The molecule has 2 rings (SSSR count). The first kappa shape index (κ1) is 17.1. The van der Waals surface area contributed by atoms with Gasteiger partial charge in [0.15, 0.2) is 0 Å². The second-order valence-corrected chi connectivity index (χ2v) is 8.65. The molecule has 1 aliphatic carbocycles. The molecule has 1 saturated heterocycles. The van der Waals surface area contributed by atoms with Gasteiger partial charge in [-0.3, -0.25) is 0 Å². The minimum absolute atomic E-state index is 0.277. The molecule has 0 N–H and O–H groups in total. The Morgan fingerprint density at radius 1 is 1.14 bits per heavy atom. The van der Waals surface area contributed by atoms with Crippen molar-refractivity contribution in [2.75, 3.05) is 19.8 Å². The van der Waals surface area contributed by atoms with Crippen molar-refractivity contribution in [3.8, 4) is 0 Å². The highest BCUT2D eigenvalue weighted by Gasteiger charge is 2.52. The number of hydrogen-bond donors (Lipinski definition) is 0. The van der Waals surface area contributed by atoms with Crippen LogP contribution in [0.25, 0.3) is 0 Å². The van der Waals surface area contributed by atoms with Crippen molar-refractivity contribution in [1.82, 2.24) is 0 Å². The molecule has 0 bridgehead atoms. The number of epoxide rings is 1. The fraction of sp³-hybridized carbons (Fsp3) is 0.933. The molecule has 0 amide bonds. The Morgan fingerprint density at radius 3 is 2.24 bits per heavy atom. The summed E-state index contributed by atoms with van der Waals surface area (Å²) in [5, 5.41) is 0. The molecule has 1 heterocycles. The molecular formula is C15H28O5Si. The summed E-state index contributed by atoms with van der Waals surface area (Å²) in [6.07, 6.45) is 5.36. The van der Waals surface area contributed by atoms with Crippen LogP contribution in [0.4, 0.5) is 0 Å². The van der Waals surface area contributed by atoms with Gasteiger partial charge in [0.2, 0.25) is 0 Å². The van der Waals surface area contributed by atoms with E-state index in [1.807, 2.05) is 20.8 Å². The van der Waals surface area contributed by atoms with Gasteiger partial charge in [0.05, 0.1) is 12.2 Å². The fourth-order valence-corrected chi connectivity index (χ4v) is 6.15. The number of rotatable bonds is 10. The van der Waals surface area contributed by atoms with Crippen molar-refractivity contribution in [1.29, 1.82) is 0 Å². The first-order valence-electron chi connectivity index (χ1n) is 8.16. The highest BCUT2D eigenvalue weighted by atomic mass is 28.4. The van der Waals surface area contributed by atoms with Crippen LogP contribution in [-0.2, 0) is 22.8 Å². The van der Waals surface area contributed by atoms with Gasteiger partial charge in [-0.2, -0.15) is 0 Å². The van der Waals surface area contributed by atoms with E-state index in [4.69, 9.17) is 18.0 Å². The van der Waals surface area contributed by atoms with Crippen molar-refractivity contribution in [3.05, 3.63) is 0 Å². The van der Waals surface area contributed by atoms with Gasteiger partial charge in [-0.05, 0) is 46.5 Å². The molecule has 3 unspecified atom stereocenters. The Hall–Kier alpha value is -0.273. The van der Waals surface area contributed by atoms with Crippen LogP contribution in [0.1, 0.15) is 46.5 Å². The second kappa shape index (κ2) is 7.33. The molecule has 0 aromatic carbocycles. The van der Waals surface area contributed by atoms with Crippen LogP contribution in [0.15, 0.2) is 0 Å². The zero-order chi connectivity index (χ0) is 15.3. The Balaban J connectivity index is 1.99. The second-order valence-electron chi connectivity index (χ2n) is 5.92. The topological polar surface area (TPSA) is 57.3 Å². The van der Waals surface area contributed by atoms with Crippen LogP contribution in [0.5, 0.6) is 0 Å². The summed E-state index contributed by atoms with van der Waals surface area (Å²) < 4.78 is 23.2. The number of carbonyl (C=O) groups is 1. The highest BCUT2D eigenvalue weighted by molar-refractivity contribution is 6.60. The van der Waals surface area contributed by atoms with Crippen molar-refractivity contribution in [2.45, 2.75) is 64.7 Å². The van der Waals surface area contributed by atoms with E-state index in [1.165, 1.54) is 0 Å². The van der Waals surface area contributed by atoms with Gasteiger partial charge < -0.3 is 22.8 Å². The lowest BCUT2D eigenvalue weighted by atomic mass is 9.73. The van der Waals surface area contributed by atoms with E-state index in [0.29, 0.717) is 38.1 Å². The number of aldehydes is 1. The third-order valence-electron chi connectivity index (χ3n) is 4.49. The quantitative estimate of drug-likeness (QED) is 0.352. The maximum atomic E-state index is 11.7. The van der Waals surface area contributed by atoms with E-state index >= 15 is 0 Å². The van der Waals surface area contributed by atoms with Gasteiger partial charge >= 0.3 is 8.80 Å². The van der Waals surface area contributed by atoms with Crippen molar-refractivity contribution in [3.63, 3.8) is 0 Å². The minimum Gasteiger partial charge on any atom is -0.374 e. The normalized spacial score (nSPS) is 31.8. The largest absolute Gasteiger partial charge is 0.500 e. The fourth-order valence-electron chi connectivity index (χ4n) is 3.34. The van der Waals surface area contributed by atoms with E-state index < -0.39 is 8.80 Å². The van der Waals surface area contributed by atoms with Crippen LogP contribution in [0.2, 0.25) is 6.04 Å². The Labute approximate surface area is 128 Å². The van der Waals surface area contributed by atoms with Gasteiger partial charge in [-0.1, -0.05) is 0 Å². The Bertz CT molecular complexity index is 334. The molecule has 5 nitrogen and oxygen atoms in total. The minimum atomic E-state index is -2.65. The van der Waals surface area contributed by atoms with Gasteiger partial charge in [0.25, 0.3) is 0 Å². The Morgan fingerprint density at radius 2 is 1.76 bits per heavy atom. The van der Waals surface area contributed by atoms with Crippen molar-refractivity contribution < 1.29 is 22.8 Å². The summed E-state index contributed by atoms with van der Waals surface area (Å²) >= 11 is 0. The summed E-state index contributed by atoms with van der Waals surface area (Å²) in [5.41, 5.74) is -0.277. The Kier molecular flexibility index (Phi) is 5.96. The average Bonchev–Trinajstić information content (AvgIpc) is 3.24. The van der Waals surface area contributed by atoms with E-state index in [9.17, 15) is 4.79 Å². The van der Waals surface area contributed by atoms with Gasteiger partial charge in [0.1, 0.15) is 6.29 Å². The molecule has 0 radical (unpaired) electrons. The summed E-state index contributed by atoms with van der Waals surface area (Å²) in [4.78, 5) is 11.7. The highest BCUT2D eigenvalue weighted by Crippen LogP contribution is 2.48. The van der Waals surface area contributed by atoms with E-state index in [0.717, 1.165) is 32.0 Å². The third kappa shape index (κ3) is 4.13. The molecule has 2 fully saturated rings. The zero-order valence-electron chi connectivity index (χ0n) is 13.4. The molecule has 0 aromatic rings. The first-order chi connectivity index (χ1) is 10.1. The molecule has 1 aliphatic heterocycles. The van der Waals surface area contributed by atoms with Gasteiger partial charge in [-0.15, -0.1) is 0 Å². The SMILES string of the molecule is CCO[Si](CCC1(C=O)CCC2OC2C1)(OCC)OCC. The standard InChI is InChI=1S/C15H28O5Si/c1-4-17-21(18-5-2,19-6-3)10-9-15(12-16)8-7-13-14(11-15)20-13/h12-14H,4-11H2,1-3H3. The number of ether oxygens (including phenoxy) is 1. The van der Waals surface area contributed by atoms with Crippen molar-refractivity contribution >= 4 is 15.1 Å². The molecule has 1 saturated carbocycles. The van der Waals surface area contributed by atoms with E-state index in [-0.39, 0.29) is 5.41 Å². The summed E-state index contributed by atoms with van der Waals surface area (Å²) in [7, 11) is -2.65. The van der Waals surface area contributed by atoms with E-state index in [2.05, 4.69) is 0 Å². The molecular weight excluding hydrogens is 288 g/mol. The molecule has 0 spiro atoms. The van der Waals surface area contributed by atoms with Crippen LogP contribution in [-0.4, -0.2) is 47.1 Å². The molecule has 3 atom stereocenters. The molecule has 6 heteroatoms. The number of hydrogen-bond acceptors (Lipinski definition) is 5. The van der Waals surface area contributed by atoms with Crippen LogP contribution >= 0.6 is 0 Å². The smallest absolute Gasteiger partial charge is 0.374 e. The number of carbonyl (C=O) groups excluding carboxylic acids is 1. The molecule has 0 aromatic heterocycles. The average molecular weight is 316 g/mol. The predicted octanol–water partition coefficient (Wildman–Crippen LogP) is 2.56. The van der Waals surface area contributed by atoms with Gasteiger partial charge in [0, 0.05) is 31.3 Å². The van der Waals surface area contributed by atoms with Crippen LogP contribution in [0.3, 0.4) is 0 Å². The zero-order valence-corrected chi connectivity index (χ0v) is 14.4. The third-order valence-corrected chi connectivity index (χ3v) is 7.54. The van der Waals surface area contributed by atoms with E-state index in [1.54, 1.807) is 0 Å². The molecule has 21 heavy (non-hydrogen) atoms. The lowest BCUT2D eigenvalue weighted by Gasteiger charge is -2.34. The predicted molar refractivity (Wildman–Crippen MR) is 81.1 cm³/mol. The molecule has 122 valence electrons. The first-order valence-corrected chi connectivity index (χ1v) is 10.1. The monoisotopic (exact) mass is 316 g/mol. The summed E-state index contributed by atoms with van der Waals surface area (Å²) in [6.45, 7) is 7.60. The summed E-state index contributed by atoms with van der Waals surface area (Å²) in [5.74, 6) is 0. The maximum Gasteiger partial charge on any atom is 0.500 e. The van der Waals surface area contributed by atoms with Crippen LogP contribution < -0.4 is 0 Å².